The van der Waals surface area contributed by atoms with Gasteiger partial charge in [-0.25, -0.2) is 9.78 Å². The van der Waals surface area contributed by atoms with Gasteiger partial charge in [0.05, 0.1) is 0 Å². The molecule has 0 atom stereocenters. The average Bonchev–Trinajstić information content (AvgIpc) is 2.70. The van der Waals surface area contributed by atoms with Gasteiger partial charge in [0.2, 0.25) is 0 Å². The Labute approximate surface area is 114 Å². The van der Waals surface area contributed by atoms with Crippen LogP contribution in [0.5, 0.6) is 0 Å². The van der Waals surface area contributed by atoms with Crippen molar-refractivity contribution in [1.82, 2.24) is 14.5 Å². The maximum Gasteiger partial charge on any atom is 0.423 e. The number of carbonyl (C=O) groups excluding carboxylic acids is 1. The molecule has 0 aliphatic carbocycles. The highest BCUT2D eigenvalue weighted by Gasteiger charge is 2.24. The Balaban J connectivity index is 2.55. The molecule has 0 aliphatic rings. The number of nitrogens with zero attached hydrogens (tertiary/aromatic N) is 4. The minimum Gasteiger partial charge on any atom is -0.443 e. The molecule has 8 nitrogen and oxygen atoms in total. The van der Waals surface area contributed by atoms with Gasteiger partial charge in [-0.2, -0.15) is 4.57 Å². The second-order valence-corrected chi connectivity index (χ2v) is 5.32. The van der Waals surface area contributed by atoms with Gasteiger partial charge in [-0.1, -0.05) is 0 Å². The van der Waals surface area contributed by atoms with Crippen molar-refractivity contribution in [1.29, 1.82) is 0 Å². The van der Waals surface area contributed by atoms with E-state index in [2.05, 4.69) is 9.97 Å². The van der Waals surface area contributed by atoms with Gasteiger partial charge in [0.15, 0.2) is 0 Å². The molecule has 0 N–H and O–H groups in total. The third-order valence-corrected chi connectivity index (χ3v) is 2.46. The number of imidazole rings is 1. The minimum atomic E-state index is -0.677. The van der Waals surface area contributed by atoms with Crippen LogP contribution in [0, 0.1) is 17.0 Å². The monoisotopic (exact) mass is 278 g/mol. The van der Waals surface area contributed by atoms with E-state index in [1.54, 1.807) is 27.7 Å². The average molecular weight is 278 g/mol. The van der Waals surface area contributed by atoms with Crippen LogP contribution >= 0.6 is 0 Å². The lowest BCUT2D eigenvalue weighted by Gasteiger charge is -2.18. The topological polar surface area (TPSA) is 100 Å². The van der Waals surface area contributed by atoms with Gasteiger partial charge in [0.25, 0.3) is 5.65 Å². The van der Waals surface area contributed by atoms with Gasteiger partial charge in [-0.15, -0.1) is 0 Å². The first-order valence-electron chi connectivity index (χ1n) is 5.91. The molecular formula is C12H14N4O4. The molecule has 106 valence electrons. The molecule has 2 aromatic rings. The summed E-state index contributed by atoms with van der Waals surface area (Å²) in [5.74, 6) is -0.333. The second-order valence-electron chi connectivity index (χ2n) is 5.32. The zero-order chi connectivity index (χ0) is 15.1. The Kier molecular flexibility index (Phi) is 3.16. The predicted molar refractivity (Wildman–Crippen MR) is 70.6 cm³/mol. The zero-order valence-electron chi connectivity index (χ0n) is 11.6. The van der Waals surface area contributed by atoms with Crippen molar-refractivity contribution in [3.8, 4) is 0 Å². The first-order chi connectivity index (χ1) is 9.19. The van der Waals surface area contributed by atoms with Crippen LogP contribution in [-0.4, -0.2) is 31.2 Å². The van der Waals surface area contributed by atoms with E-state index >= 15 is 0 Å². The van der Waals surface area contributed by atoms with Crippen LogP contribution in [0.25, 0.3) is 11.2 Å². The molecule has 0 aromatic carbocycles. The second kappa shape index (κ2) is 4.55. The van der Waals surface area contributed by atoms with Gasteiger partial charge < -0.3 is 14.9 Å². The molecule has 0 radical (unpaired) electrons. The van der Waals surface area contributed by atoms with Crippen molar-refractivity contribution in [2.24, 2.45) is 0 Å². The number of ether oxygens (including phenoxy) is 1. The summed E-state index contributed by atoms with van der Waals surface area (Å²) >= 11 is 0. The van der Waals surface area contributed by atoms with E-state index in [1.165, 1.54) is 12.4 Å². The molecule has 8 heteroatoms. The molecule has 2 aromatic heterocycles. The summed E-state index contributed by atoms with van der Waals surface area (Å²) in [7, 11) is 0. The normalized spacial score (nSPS) is 11.6. The highest BCUT2D eigenvalue weighted by atomic mass is 16.6. The van der Waals surface area contributed by atoms with Crippen LogP contribution in [0.1, 0.15) is 26.3 Å². The lowest BCUT2D eigenvalue weighted by atomic mass is 10.2. The molecule has 0 spiro atoms. The number of nitro groups is 1. The van der Waals surface area contributed by atoms with E-state index in [-0.39, 0.29) is 11.5 Å². The number of carbonyl (C=O) groups is 1. The Morgan fingerprint density at radius 1 is 1.45 bits per heavy atom. The van der Waals surface area contributed by atoms with Gasteiger partial charge in [0, 0.05) is 6.07 Å². The molecule has 0 amide bonds. The van der Waals surface area contributed by atoms with Gasteiger partial charge in [-0.3, -0.25) is 0 Å². The molecule has 0 unspecified atom stereocenters. The van der Waals surface area contributed by atoms with Crippen molar-refractivity contribution in [2.45, 2.75) is 33.3 Å². The van der Waals surface area contributed by atoms with E-state index in [4.69, 9.17) is 4.74 Å². The number of fused-ring (bicyclic) bond motifs is 1. The smallest absolute Gasteiger partial charge is 0.423 e. The fraction of sp³-hybridized carbons (Fsp3) is 0.417. The Hall–Kier alpha value is -2.51. The maximum atomic E-state index is 12.0. The lowest BCUT2D eigenvalue weighted by Crippen LogP contribution is -2.27. The predicted octanol–water partition coefficient (Wildman–Crippen LogP) is 2.43. The molecule has 0 bridgehead atoms. The third-order valence-electron chi connectivity index (χ3n) is 2.46. The van der Waals surface area contributed by atoms with Gasteiger partial charge >= 0.3 is 11.9 Å². The van der Waals surface area contributed by atoms with Crippen LogP contribution in [-0.2, 0) is 4.74 Å². The summed E-state index contributed by atoms with van der Waals surface area (Å²) in [4.78, 5) is 30.1. The van der Waals surface area contributed by atoms with Crippen molar-refractivity contribution in [3.63, 3.8) is 0 Å². The number of aryl methyl sites for hydroxylation is 1. The standard InChI is InChI=1S/C12H14N4O4/c1-7-5-8(16(18)19)14-10-9(7)13-6-15(10)11(17)20-12(2,3)4/h5-6H,1-4H3. The minimum absolute atomic E-state index is 0.117. The van der Waals surface area contributed by atoms with Crippen molar-refractivity contribution in [2.75, 3.05) is 0 Å². The summed E-state index contributed by atoms with van der Waals surface area (Å²) in [5, 5.41) is 10.8. The zero-order valence-corrected chi connectivity index (χ0v) is 11.6. The molecule has 0 saturated carbocycles. The highest BCUT2D eigenvalue weighted by Crippen LogP contribution is 2.21. The first kappa shape index (κ1) is 13.9. The summed E-state index contributed by atoms with van der Waals surface area (Å²) < 4.78 is 6.27. The maximum absolute atomic E-state index is 12.0. The van der Waals surface area contributed by atoms with Crippen LogP contribution in [0.15, 0.2) is 12.4 Å². The van der Waals surface area contributed by atoms with E-state index in [9.17, 15) is 14.9 Å². The number of hydrogen-bond donors (Lipinski definition) is 0. The van der Waals surface area contributed by atoms with Crippen molar-refractivity contribution >= 4 is 23.1 Å². The lowest BCUT2D eigenvalue weighted by molar-refractivity contribution is -0.389. The van der Waals surface area contributed by atoms with E-state index in [0.717, 1.165) is 4.57 Å². The molecular weight excluding hydrogens is 264 g/mol. The summed E-state index contributed by atoms with van der Waals surface area (Å²) in [5.41, 5.74) is 0.445. The number of hydrogen-bond acceptors (Lipinski definition) is 6. The number of rotatable bonds is 1. The molecule has 0 saturated heterocycles. The molecule has 2 heterocycles. The highest BCUT2D eigenvalue weighted by molar-refractivity contribution is 5.86. The summed E-state index contributed by atoms with van der Waals surface area (Å²) in [6.45, 7) is 6.85. The molecule has 20 heavy (non-hydrogen) atoms. The van der Waals surface area contributed by atoms with Crippen molar-refractivity contribution in [3.05, 3.63) is 28.1 Å². The van der Waals surface area contributed by atoms with Gasteiger partial charge in [-0.05, 0) is 43.2 Å². The Bertz CT molecular complexity index is 699. The fourth-order valence-electron chi connectivity index (χ4n) is 1.67. The Morgan fingerprint density at radius 2 is 2.10 bits per heavy atom. The first-order valence-corrected chi connectivity index (χ1v) is 5.91. The van der Waals surface area contributed by atoms with Crippen LogP contribution < -0.4 is 0 Å². The quantitative estimate of drug-likeness (QED) is 0.586. The molecule has 2 rings (SSSR count). The van der Waals surface area contributed by atoms with E-state index in [1.807, 2.05) is 0 Å². The fourth-order valence-corrected chi connectivity index (χ4v) is 1.67. The van der Waals surface area contributed by atoms with Crippen molar-refractivity contribution < 1.29 is 14.5 Å². The van der Waals surface area contributed by atoms with Crippen LogP contribution in [0.4, 0.5) is 10.6 Å². The SMILES string of the molecule is Cc1cc([N+](=O)[O-])nc2c1ncn2C(=O)OC(C)(C)C. The summed E-state index contributed by atoms with van der Waals surface area (Å²) in [6.07, 6.45) is 0.579. The van der Waals surface area contributed by atoms with Crippen LogP contribution in [0.3, 0.4) is 0 Å². The number of aromatic nitrogens is 3. The Morgan fingerprint density at radius 3 is 2.65 bits per heavy atom. The van der Waals surface area contributed by atoms with E-state index in [0.29, 0.717) is 11.1 Å². The van der Waals surface area contributed by atoms with E-state index < -0.39 is 16.6 Å². The largest absolute Gasteiger partial charge is 0.443 e. The molecule has 0 aliphatic heterocycles. The van der Waals surface area contributed by atoms with Gasteiger partial charge in [0.1, 0.15) is 17.4 Å². The third kappa shape index (κ3) is 2.58. The number of pyridine rings is 1. The van der Waals surface area contributed by atoms with Crippen LogP contribution in [0.2, 0.25) is 0 Å². The molecule has 0 fully saturated rings. The summed E-state index contributed by atoms with van der Waals surface area (Å²) in [6, 6.07) is 1.31.